The van der Waals surface area contributed by atoms with Gasteiger partial charge in [0.25, 0.3) is 0 Å². The topological polar surface area (TPSA) is 48.7 Å². The first-order valence-electron chi connectivity index (χ1n) is 5.08. The van der Waals surface area contributed by atoms with Gasteiger partial charge in [-0.1, -0.05) is 11.6 Å². The molecule has 4 heteroatoms. The van der Waals surface area contributed by atoms with Gasteiger partial charge in [0.1, 0.15) is 5.82 Å². The van der Waals surface area contributed by atoms with E-state index >= 15 is 0 Å². The van der Waals surface area contributed by atoms with Crippen molar-refractivity contribution in [3.05, 3.63) is 47.1 Å². The largest absolute Gasteiger partial charge is 0.373 e. The summed E-state index contributed by atoms with van der Waals surface area (Å²) in [5, 5.41) is 12.4. The number of hydrogen-bond acceptors (Lipinski definition) is 3. The molecule has 0 aliphatic carbocycles. The molecule has 1 N–H and O–H groups in total. The molecule has 1 heterocycles. The maximum absolute atomic E-state index is 8.88. The first-order chi connectivity index (χ1) is 8.22. The zero-order valence-electron chi connectivity index (χ0n) is 9.24. The number of nitrogens with one attached hydrogen (secondary N) is 1. The van der Waals surface area contributed by atoms with Gasteiger partial charge >= 0.3 is 0 Å². The summed E-state index contributed by atoms with van der Waals surface area (Å²) in [6, 6.07) is 11.1. The molecule has 0 aliphatic rings. The van der Waals surface area contributed by atoms with Gasteiger partial charge in [0.2, 0.25) is 0 Å². The van der Waals surface area contributed by atoms with Crippen molar-refractivity contribution in [1.82, 2.24) is 4.98 Å². The van der Waals surface area contributed by atoms with E-state index in [1.807, 2.05) is 25.2 Å². The summed E-state index contributed by atoms with van der Waals surface area (Å²) >= 11 is 5.95. The Morgan fingerprint density at radius 3 is 2.65 bits per heavy atom. The molecule has 0 radical (unpaired) electrons. The zero-order chi connectivity index (χ0) is 12.3. The van der Waals surface area contributed by atoms with Crippen molar-refractivity contribution < 1.29 is 0 Å². The van der Waals surface area contributed by atoms with Crippen LogP contribution in [0, 0.1) is 11.3 Å². The lowest BCUT2D eigenvalue weighted by atomic mass is 10.1. The zero-order valence-corrected chi connectivity index (χ0v) is 9.99. The van der Waals surface area contributed by atoms with Gasteiger partial charge in [-0.2, -0.15) is 5.26 Å². The SMILES string of the molecule is CNc1ccc(-c2cc(Cl)cc(C#N)c2)cn1. The van der Waals surface area contributed by atoms with Crippen molar-refractivity contribution in [1.29, 1.82) is 5.26 Å². The van der Waals surface area contributed by atoms with E-state index in [1.165, 1.54) is 0 Å². The quantitative estimate of drug-likeness (QED) is 0.880. The number of rotatable bonds is 2. The average molecular weight is 244 g/mol. The third kappa shape index (κ3) is 2.55. The van der Waals surface area contributed by atoms with Crippen LogP contribution in [0.3, 0.4) is 0 Å². The molecule has 3 nitrogen and oxygen atoms in total. The third-order valence-corrected chi connectivity index (χ3v) is 2.60. The maximum Gasteiger partial charge on any atom is 0.125 e. The lowest BCUT2D eigenvalue weighted by Crippen LogP contribution is -1.91. The normalized spacial score (nSPS) is 9.71. The number of pyridine rings is 1. The van der Waals surface area contributed by atoms with E-state index < -0.39 is 0 Å². The standard InChI is InChI=1S/C13H10ClN3/c1-16-13-3-2-10(8-17-13)11-4-9(7-15)5-12(14)6-11/h2-6,8H,1H3,(H,16,17). The molecule has 0 bridgehead atoms. The van der Waals surface area contributed by atoms with Crippen molar-refractivity contribution in [2.75, 3.05) is 12.4 Å². The number of nitriles is 1. The van der Waals surface area contributed by atoms with Crippen LogP contribution in [-0.2, 0) is 0 Å². The highest BCUT2D eigenvalue weighted by molar-refractivity contribution is 6.31. The Morgan fingerprint density at radius 1 is 1.24 bits per heavy atom. The Labute approximate surface area is 105 Å². The summed E-state index contributed by atoms with van der Waals surface area (Å²) in [4.78, 5) is 4.22. The van der Waals surface area contributed by atoms with Crippen molar-refractivity contribution in [3.8, 4) is 17.2 Å². The summed E-state index contributed by atoms with van der Waals surface area (Å²) in [7, 11) is 1.81. The van der Waals surface area contributed by atoms with Crippen molar-refractivity contribution in [3.63, 3.8) is 0 Å². The molecule has 1 aromatic carbocycles. The molecule has 0 spiro atoms. The molecular weight excluding hydrogens is 234 g/mol. The first kappa shape index (κ1) is 11.4. The number of nitrogens with zero attached hydrogens (tertiary/aromatic N) is 2. The van der Waals surface area contributed by atoms with Gasteiger partial charge in [-0.25, -0.2) is 4.98 Å². The lowest BCUT2D eigenvalue weighted by Gasteiger charge is -2.04. The van der Waals surface area contributed by atoms with Gasteiger partial charge in [0, 0.05) is 23.8 Å². The van der Waals surface area contributed by atoms with E-state index in [2.05, 4.69) is 16.4 Å². The lowest BCUT2D eigenvalue weighted by molar-refractivity contribution is 1.29. The fourth-order valence-corrected chi connectivity index (χ4v) is 1.77. The Balaban J connectivity index is 2.45. The summed E-state index contributed by atoms with van der Waals surface area (Å²) in [5.74, 6) is 0.802. The van der Waals surface area contributed by atoms with Crippen LogP contribution >= 0.6 is 11.6 Å². The van der Waals surface area contributed by atoms with Gasteiger partial charge in [-0.3, -0.25) is 0 Å². The monoisotopic (exact) mass is 243 g/mol. The summed E-state index contributed by atoms with van der Waals surface area (Å²) in [6.45, 7) is 0. The summed E-state index contributed by atoms with van der Waals surface area (Å²) in [5.41, 5.74) is 2.37. The van der Waals surface area contributed by atoms with Crippen LogP contribution < -0.4 is 5.32 Å². The van der Waals surface area contributed by atoms with Gasteiger partial charge in [-0.15, -0.1) is 0 Å². The number of aromatic nitrogens is 1. The molecular formula is C13H10ClN3. The van der Waals surface area contributed by atoms with Gasteiger partial charge < -0.3 is 5.32 Å². The van der Waals surface area contributed by atoms with Crippen molar-refractivity contribution in [2.24, 2.45) is 0 Å². The highest BCUT2D eigenvalue weighted by Gasteiger charge is 2.02. The minimum absolute atomic E-state index is 0.546. The van der Waals surface area contributed by atoms with Gasteiger partial charge in [0.05, 0.1) is 11.6 Å². The van der Waals surface area contributed by atoms with E-state index in [0.717, 1.165) is 16.9 Å². The summed E-state index contributed by atoms with van der Waals surface area (Å²) < 4.78 is 0. The molecule has 2 rings (SSSR count). The Kier molecular flexibility index (Phi) is 3.27. The van der Waals surface area contributed by atoms with Crippen LogP contribution in [0.5, 0.6) is 0 Å². The Hall–Kier alpha value is -2.05. The second-order valence-electron chi connectivity index (χ2n) is 3.52. The minimum Gasteiger partial charge on any atom is -0.373 e. The molecule has 0 amide bonds. The smallest absolute Gasteiger partial charge is 0.125 e. The van der Waals surface area contributed by atoms with Crippen LogP contribution in [0.25, 0.3) is 11.1 Å². The minimum atomic E-state index is 0.546. The Bertz CT molecular complexity index is 570. The molecule has 0 saturated carbocycles. The van der Waals surface area contributed by atoms with Crippen LogP contribution in [0.1, 0.15) is 5.56 Å². The van der Waals surface area contributed by atoms with Gasteiger partial charge in [0.15, 0.2) is 0 Å². The number of halogens is 1. The molecule has 0 aliphatic heterocycles. The first-order valence-corrected chi connectivity index (χ1v) is 5.45. The number of benzene rings is 1. The van der Waals surface area contributed by atoms with E-state index in [4.69, 9.17) is 16.9 Å². The molecule has 17 heavy (non-hydrogen) atoms. The predicted molar refractivity (Wildman–Crippen MR) is 68.9 cm³/mol. The second kappa shape index (κ2) is 4.86. The third-order valence-electron chi connectivity index (χ3n) is 2.38. The van der Waals surface area contributed by atoms with Crippen molar-refractivity contribution in [2.45, 2.75) is 0 Å². The molecule has 0 unspecified atom stereocenters. The van der Waals surface area contributed by atoms with E-state index in [-0.39, 0.29) is 0 Å². The predicted octanol–water partition coefficient (Wildman–Crippen LogP) is 3.32. The number of hydrogen-bond donors (Lipinski definition) is 1. The average Bonchev–Trinajstić information content (AvgIpc) is 2.38. The van der Waals surface area contributed by atoms with Crippen LogP contribution in [-0.4, -0.2) is 12.0 Å². The fraction of sp³-hybridized carbons (Fsp3) is 0.0769. The molecule has 1 aromatic heterocycles. The van der Waals surface area contributed by atoms with Gasteiger partial charge in [-0.05, 0) is 35.9 Å². The second-order valence-corrected chi connectivity index (χ2v) is 3.96. The van der Waals surface area contributed by atoms with E-state index in [0.29, 0.717) is 10.6 Å². The van der Waals surface area contributed by atoms with Crippen LogP contribution in [0.4, 0.5) is 5.82 Å². The van der Waals surface area contributed by atoms with E-state index in [9.17, 15) is 0 Å². The van der Waals surface area contributed by atoms with Crippen LogP contribution in [0.2, 0.25) is 5.02 Å². The van der Waals surface area contributed by atoms with E-state index in [1.54, 1.807) is 18.3 Å². The molecule has 2 aromatic rings. The molecule has 0 saturated heterocycles. The van der Waals surface area contributed by atoms with Crippen LogP contribution in [0.15, 0.2) is 36.5 Å². The van der Waals surface area contributed by atoms with Crippen molar-refractivity contribution >= 4 is 17.4 Å². The maximum atomic E-state index is 8.88. The summed E-state index contributed by atoms with van der Waals surface area (Å²) in [6.07, 6.45) is 1.75. The fourth-order valence-electron chi connectivity index (χ4n) is 1.53. The highest BCUT2D eigenvalue weighted by atomic mass is 35.5. The molecule has 0 fully saturated rings. The molecule has 0 atom stereocenters. The molecule has 84 valence electrons. The highest BCUT2D eigenvalue weighted by Crippen LogP contribution is 2.24. The Morgan fingerprint density at radius 2 is 2.06 bits per heavy atom. The number of anilines is 1.